The van der Waals surface area contributed by atoms with E-state index in [2.05, 4.69) is 0 Å². The van der Waals surface area contributed by atoms with Gasteiger partial charge in [0.05, 0.1) is 0 Å². The molecule has 7 nitrogen and oxygen atoms in total. The summed E-state index contributed by atoms with van der Waals surface area (Å²) in [5.74, 6) is 1.52. The average Bonchev–Trinajstić information content (AvgIpc) is 2.57. The molecule has 0 aliphatic carbocycles. The van der Waals surface area contributed by atoms with Crippen LogP contribution in [-0.2, 0) is 27.2 Å². The molecule has 0 spiro atoms. The molecule has 1 aromatic carbocycles. The van der Waals surface area contributed by atoms with Gasteiger partial charge in [-0.25, -0.2) is 4.79 Å². The van der Waals surface area contributed by atoms with Crippen molar-refractivity contribution in [3.05, 3.63) is 56.4 Å². The van der Waals surface area contributed by atoms with Gasteiger partial charge in [-0.15, -0.1) is 0 Å². The van der Waals surface area contributed by atoms with Crippen LogP contribution in [0, 0.1) is 0 Å². The predicted molar refractivity (Wildman–Crippen MR) is 89.5 cm³/mol. The van der Waals surface area contributed by atoms with Crippen LogP contribution in [0.1, 0.15) is 11.3 Å². The van der Waals surface area contributed by atoms with Crippen molar-refractivity contribution < 1.29 is 9.47 Å². The minimum atomic E-state index is -0.315. The van der Waals surface area contributed by atoms with Crippen molar-refractivity contribution >= 4 is 0 Å². The van der Waals surface area contributed by atoms with Gasteiger partial charge in [0.2, 0.25) is 0 Å². The molecule has 0 radical (unpaired) electrons. The molecule has 0 saturated carbocycles. The van der Waals surface area contributed by atoms with Crippen LogP contribution in [0.15, 0.2) is 33.9 Å². The molecule has 3 rings (SSSR count). The van der Waals surface area contributed by atoms with Crippen LogP contribution < -0.4 is 20.7 Å². The molecule has 1 aliphatic rings. The zero-order chi connectivity index (χ0) is 17.3. The molecule has 128 valence electrons. The molecule has 1 aromatic heterocycles. The van der Waals surface area contributed by atoms with E-state index >= 15 is 0 Å². The molecule has 0 amide bonds. The lowest BCUT2D eigenvalue weighted by atomic mass is 10.2. The molecule has 0 bridgehead atoms. The van der Waals surface area contributed by atoms with E-state index in [1.54, 1.807) is 7.05 Å². The lowest BCUT2D eigenvalue weighted by molar-refractivity contribution is 0.171. The molecule has 0 saturated heterocycles. The second kappa shape index (κ2) is 6.52. The highest BCUT2D eigenvalue weighted by Gasteiger charge is 2.13. The minimum absolute atomic E-state index is 0.291. The first kappa shape index (κ1) is 16.3. The molecule has 2 aromatic rings. The fourth-order valence-corrected chi connectivity index (χ4v) is 2.76. The predicted octanol–water partition coefficient (Wildman–Crippen LogP) is 0.487. The third kappa shape index (κ3) is 3.21. The van der Waals surface area contributed by atoms with E-state index in [-0.39, 0.29) is 11.2 Å². The minimum Gasteiger partial charge on any atom is -0.486 e. The van der Waals surface area contributed by atoms with Crippen molar-refractivity contribution in [1.82, 2.24) is 14.0 Å². The van der Waals surface area contributed by atoms with E-state index in [1.165, 1.54) is 17.7 Å². The lowest BCUT2D eigenvalue weighted by Crippen LogP contribution is -2.39. The fourth-order valence-electron chi connectivity index (χ4n) is 2.76. The zero-order valence-electron chi connectivity index (χ0n) is 14.1. The Kier molecular flexibility index (Phi) is 4.44. The summed E-state index contributed by atoms with van der Waals surface area (Å²) in [7, 11) is 5.10. The maximum Gasteiger partial charge on any atom is 0.330 e. The quantitative estimate of drug-likeness (QED) is 0.816. The molecule has 1 aliphatic heterocycles. The van der Waals surface area contributed by atoms with Crippen molar-refractivity contribution in [2.24, 2.45) is 14.1 Å². The van der Waals surface area contributed by atoms with Gasteiger partial charge in [-0.2, -0.15) is 0 Å². The molecule has 0 N–H and O–H groups in total. The van der Waals surface area contributed by atoms with Gasteiger partial charge >= 0.3 is 5.69 Å². The van der Waals surface area contributed by atoms with Crippen LogP contribution in [0.25, 0.3) is 0 Å². The maximum atomic E-state index is 12.0. The van der Waals surface area contributed by atoms with Gasteiger partial charge in [0.25, 0.3) is 5.56 Å². The second-order valence-corrected chi connectivity index (χ2v) is 6.02. The van der Waals surface area contributed by atoms with Crippen LogP contribution in [0.2, 0.25) is 0 Å². The summed E-state index contributed by atoms with van der Waals surface area (Å²) in [4.78, 5) is 25.8. The summed E-state index contributed by atoms with van der Waals surface area (Å²) in [6.07, 6.45) is 0. The van der Waals surface area contributed by atoms with Gasteiger partial charge in [-0.3, -0.25) is 18.8 Å². The van der Waals surface area contributed by atoms with Crippen molar-refractivity contribution in [3.63, 3.8) is 0 Å². The fraction of sp³-hybridized carbons (Fsp3) is 0.412. The molecular weight excluding hydrogens is 310 g/mol. The van der Waals surface area contributed by atoms with E-state index in [4.69, 9.17) is 9.47 Å². The number of benzene rings is 1. The summed E-state index contributed by atoms with van der Waals surface area (Å²) in [5, 5.41) is 0. The van der Waals surface area contributed by atoms with E-state index in [0.717, 1.165) is 21.6 Å². The zero-order valence-corrected chi connectivity index (χ0v) is 14.1. The van der Waals surface area contributed by atoms with Crippen molar-refractivity contribution in [3.8, 4) is 11.5 Å². The van der Waals surface area contributed by atoms with Gasteiger partial charge in [-0.1, -0.05) is 6.07 Å². The first-order valence-electron chi connectivity index (χ1n) is 7.78. The topological polar surface area (TPSA) is 65.7 Å². The smallest absolute Gasteiger partial charge is 0.330 e. The first-order valence-corrected chi connectivity index (χ1v) is 7.78. The van der Waals surface area contributed by atoms with Crippen LogP contribution >= 0.6 is 0 Å². The molecular formula is C17H21N3O4. The summed E-state index contributed by atoms with van der Waals surface area (Å²) in [6, 6.07) is 7.37. The number of aromatic nitrogens is 2. The van der Waals surface area contributed by atoms with Gasteiger partial charge in [0, 0.05) is 38.9 Å². The van der Waals surface area contributed by atoms with Gasteiger partial charge < -0.3 is 9.47 Å². The number of hydrogen-bond donors (Lipinski definition) is 0. The van der Waals surface area contributed by atoms with Crippen molar-refractivity contribution in [2.75, 3.05) is 20.3 Å². The average molecular weight is 331 g/mol. The van der Waals surface area contributed by atoms with Crippen molar-refractivity contribution in [1.29, 1.82) is 0 Å². The van der Waals surface area contributed by atoms with E-state index < -0.39 is 0 Å². The number of rotatable bonds is 4. The van der Waals surface area contributed by atoms with E-state index in [1.807, 2.05) is 30.1 Å². The Hall–Kier alpha value is -2.54. The molecule has 24 heavy (non-hydrogen) atoms. The molecule has 7 heteroatoms. The number of nitrogens with zero attached hydrogens (tertiary/aromatic N) is 3. The van der Waals surface area contributed by atoms with Crippen molar-refractivity contribution in [2.45, 2.75) is 13.1 Å². The summed E-state index contributed by atoms with van der Waals surface area (Å²) in [5.41, 5.74) is 1.16. The Morgan fingerprint density at radius 1 is 1.00 bits per heavy atom. The second-order valence-electron chi connectivity index (χ2n) is 6.02. The standard InChI is InChI=1S/C17H21N3O4/c1-18(11-13-9-16(21)20(3)17(22)19(13)2)10-12-4-5-14-15(8-12)24-7-6-23-14/h4-5,8-9H,6-7,10-11H2,1-3H3. The monoisotopic (exact) mass is 331 g/mol. The normalized spacial score (nSPS) is 13.3. The van der Waals surface area contributed by atoms with Crippen LogP contribution in [-0.4, -0.2) is 34.3 Å². The van der Waals surface area contributed by atoms with Gasteiger partial charge in [0.15, 0.2) is 11.5 Å². The van der Waals surface area contributed by atoms with Gasteiger partial charge in [0.1, 0.15) is 13.2 Å². The Balaban J connectivity index is 1.76. The SMILES string of the molecule is CN(Cc1ccc2c(c1)OCCO2)Cc1cc(=O)n(C)c(=O)n1C. The Morgan fingerprint density at radius 2 is 1.71 bits per heavy atom. The highest BCUT2D eigenvalue weighted by Crippen LogP contribution is 2.31. The summed E-state index contributed by atoms with van der Waals surface area (Å²) >= 11 is 0. The van der Waals surface area contributed by atoms with E-state index in [9.17, 15) is 9.59 Å². The first-order chi connectivity index (χ1) is 11.5. The van der Waals surface area contributed by atoms with Gasteiger partial charge in [-0.05, 0) is 24.7 Å². The number of hydrogen-bond acceptors (Lipinski definition) is 5. The Labute approximate surface area is 139 Å². The highest BCUT2D eigenvalue weighted by atomic mass is 16.6. The Morgan fingerprint density at radius 3 is 2.46 bits per heavy atom. The maximum absolute atomic E-state index is 12.0. The molecule has 0 unspecified atom stereocenters. The number of fused-ring (bicyclic) bond motifs is 1. The molecule has 2 heterocycles. The highest BCUT2D eigenvalue weighted by molar-refractivity contribution is 5.43. The third-order valence-corrected chi connectivity index (χ3v) is 4.12. The number of ether oxygens (including phenoxy) is 2. The van der Waals surface area contributed by atoms with E-state index in [0.29, 0.717) is 32.0 Å². The summed E-state index contributed by atoms with van der Waals surface area (Å²) < 4.78 is 13.7. The third-order valence-electron chi connectivity index (χ3n) is 4.12. The largest absolute Gasteiger partial charge is 0.486 e. The molecule has 0 atom stereocenters. The Bertz CT molecular complexity index is 869. The van der Waals surface area contributed by atoms with Crippen LogP contribution in [0.5, 0.6) is 11.5 Å². The van der Waals surface area contributed by atoms with Crippen LogP contribution in [0.4, 0.5) is 0 Å². The lowest BCUT2D eigenvalue weighted by Gasteiger charge is -2.21. The molecule has 0 fully saturated rings. The van der Waals surface area contributed by atoms with Crippen LogP contribution in [0.3, 0.4) is 0 Å². The summed E-state index contributed by atoms with van der Waals surface area (Å²) in [6.45, 7) is 2.29.